The average molecular weight is 507 g/mol. The monoisotopic (exact) mass is 506 g/mol. The molecular weight excluding hydrogens is 480 g/mol. The van der Waals surface area contributed by atoms with E-state index in [1.165, 1.54) is 11.8 Å². The van der Waals surface area contributed by atoms with Crippen LogP contribution < -0.4 is 10.9 Å². The highest BCUT2D eigenvalue weighted by molar-refractivity contribution is 8.26. The second kappa shape index (κ2) is 10.4. The minimum atomic E-state index is -0.298. The van der Waals surface area contributed by atoms with Gasteiger partial charge >= 0.3 is 0 Å². The summed E-state index contributed by atoms with van der Waals surface area (Å²) in [6.45, 7) is 7.73. The third kappa shape index (κ3) is 4.63. The Kier molecular flexibility index (Phi) is 6.83. The van der Waals surface area contributed by atoms with Gasteiger partial charge in [0.1, 0.15) is 10.7 Å². The van der Waals surface area contributed by atoms with Crippen molar-refractivity contribution in [1.29, 1.82) is 0 Å². The number of fused-ring (bicyclic) bond motifs is 1. The number of aliphatic imine (C=N–C) groups is 3. The number of pyridine rings is 2. The SMILES string of the molecule is C=N/C(N[C@@H](C)c1cc2cccc(-c3cncc(C)c3)c2c(=O)n1-c1ccccc1)=C1/N=CS/C1=N/C. The lowest BCUT2D eigenvalue weighted by Gasteiger charge is -2.23. The van der Waals surface area contributed by atoms with Crippen molar-refractivity contribution in [3.05, 3.63) is 106 Å². The molecular formula is C29H26N6OS. The van der Waals surface area contributed by atoms with Gasteiger partial charge in [0, 0.05) is 36.4 Å². The van der Waals surface area contributed by atoms with E-state index in [4.69, 9.17) is 0 Å². The Morgan fingerprint density at radius 1 is 1.11 bits per heavy atom. The maximum atomic E-state index is 14.3. The van der Waals surface area contributed by atoms with Gasteiger partial charge in [-0.05, 0) is 61.3 Å². The van der Waals surface area contributed by atoms with E-state index >= 15 is 0 Å². The summed E-state index contributed by atoms with van der Waals surface area (Å²) in [7, 11) is 1.72. The third-order valence-electron chi connectivity index (χ3n) is 6.21. The molecule has 1 aliphatic heterocycles. The lowest BCUT2D eigenvalue weighted by atomic mass is 9.98. The van der Waals surface area contributed by atoms with Crippen LogP contribution >= 0.6 is 11.8 Å². The number of nitrogens with one attached hydrogen (secondary N) is 1. The largest absolute Gasteiger partial charge is 0.360 e. The first-order valence-electron chi connectivity index (χ1n) is 11.8. The number of thioether (sulfide) groups is 1. The van der Waals surface area contributed by atoms with Crippen molar-refractivity contribution < 1.29 is 0 Å². The summed E-state index contributed by atoms with van der Waals surface area (Å²) < 4.78 is 1.76. The van der Waals surface area contributed by atoms with Gasteiger partial charge in [-0.2, -0.15) is 0 Å². The second-order valence-corrected chi connectivity index (χ2v) is 9.50. The molecule has 1 atom stereocenters. The summed E-state index contributed by atoms with van der Waals surface area (Å²) in [5, 5.41) is 5.68. The summed E-state index contributed by atoms with van der Waals surface area (Å²) in [4.78, 5) is 31.5. The van der Waals surface area contributed by atoms with Crippen LogP contribution in [0.4, 0.5) is 0 Å². The van der Waals surface area contributed by atoms with Gasteiger partial charge in [0.2, 0.25) is 0 Å². The summed E-state index contributed by atoms with van der Waals surface area (Å²) >= 11 is 1.43. The van der Waals surface area contributed by atoms with E-state index < -0.39 is 0 Å². The van der Waals surface area contributed by atoms with Gasteiger partial charge in [-0.1, -0.05) is 48.2 Å². The molecule has 0 spiro atoms. The quantitative estimate of drug-likeness (QED) is 0.341. The zero-order valence-corrected chi connectivity index (χ0v) is 21.7. The molecule has 1 aliphatic rings. The number of rotatable bonds is 6. The lowest BCUT2D eigenvalue weighted by molar-refractivity contribution is 0.608. The molecule has 0 saturated heterocycles. The van der Waals surface area contributed by atoms with Gasteiger partial charge in [-0.15, -0.1) is 0 Å². The van der Waals surface area contributed by atoms with Crippen molar-refractivity contribution in [2.75, 3.05) is 7.05 Å². The molecule has 5 rings (SSSR count). The molecule has 0 aliphatic carbocycles. The molecule has 3 heterocycles. The van der Waals surface area contributed by atoms with Crippen molar-refractivity contribution in [3.8, 4) is 16.8 Å². The minimum Gasteiger partial charge on any atom is -0.360 e. The fourth-order valence-electron chi connectivity index (χ4n) is 4.52. The van der Waals surface area contributed by atoms with Gasteiger partial charge in [0.25, 0.3) is 5.56 Å². The molecule has 1 N–H and O–H groups in total. The molecule has 184 valence electrons. The smallest absolute Gasteiger partial charge is 0.263 e. The Bertz CT molecular complexity index is 1650. The average Bonchev–Trinajstić information content (AvgIpc) is 3.40. The van der Waals surface area contributed by atoms with Crippen LogP contribution in [0, 0.1) is 6.92 Å². The summed E-state index contributed by atoms with van der Waals surface area (Å²) in [6, 6.07) is 19.4. The van der Waals surface area contributed by atoms with E-state index in [2.05, 4.69) is 38.1 Å². The van der Waals surface area contributed by atoms with Crippen molar-refractivity contribution in [1.82, 2.24) is 14.9 Å². The van der Waals surface area contributed by atoms with Crippen LogP contribution in [0.3, 0.4) is 0 Å². The predicted molar refractivity (Wildman–Crippen MR) is 155 cm³/mol. The van der Waals surface area contributed by atoms with Crippen molar-refractivity contribution in [2.24, 2.45) is 15.0 Å². The van der Waals surface area contributed by atoms with Crippen molar-refractivity contribution in [2.45, 2.75) is 19.9 Å². The van der Waals surface area contributed by atoms with Crippen LogP contribution in [0.15, 0.2) is 104 Å². The number of hydrogen-bond donors (Lipinski definition) is 1. The molecule has 0 radical (unpaired) electrons. The van der Waals surface area contributed by atoms with Gasteiger partial charge in [0.15, 0.2) is 5.82 Å². The normalized spacial score (nSPS) is 16.2. The van der Waals surface area contributed by atoms with Crippen LogP contribution in [0.5, 0.6) is 0 Å². The third-order valence-corrected chi connectivity index (χ3v) is 7.02. The van der Waals surface area contributed by atoms with E-state index in [0.29, 0.717) is 16.9 Å². The van der Waals surface area contributed by atoms with Gasteiger partial charge in [-0.25, -0.2) is 9.98 Å². The maximum absolute atomic E-state index is 14.3. The molecule has 0 saturated carbocycles. The maximum Gasteiger partial charge on any atom is 0.263 e. The summed E-state index contributed by atoms with van der Waals surface area (Å²) in [6.07, 6.45) is 3.61. The second-order valence-electron chi connectivity index (χ2n) is 8.67. The fourth-order valence-corrected chi connectivity index (χ4v) is 5.14. The minimum absolute atomic E-state index is 0.101. The van der Waals surface area contributed by atoms with E-state index in [1.807, 2.05) is 74.6 Å². The van der Waals surface area contributed by atoms with E-state index in [0.717, 1.165) is 38.5 Å². The van der Waals surface area contributed by atoms with Crippen LogP contribution in [0.1, 0.15) is 24.2 Å². The molecule has 0 unspecified atom stereocenters. The first-order chi connectivity index (χ1) is 18.0. The Balaban J connectivity index is 1.73. The highest BCUT2D eigenvalue weighted by atomic mass is 32.2. The van der Waals surface area contributed by atoms with E-state index in [1.54, 1.807) is 23.4 Å². The number of nitrogens with zero attached hydrogens (tertiary/aromatic N) is 5. The number of aryl methyl sites for hydroxylation is 1. The number of benzene rings is 2. The van der Waals surface area contributed by atoms with Crippen LogP contribution in [0.25, 0.3) is 27.6 Å². The molecule has 2 aromatic carbocycles. The molecule has 0 fully saturated rings. The first kappa shape index (κ1) is 24.4. The Labute approximate surface area is 219 Å². The Hall–Kier alpha value is -4.30. The van der Waals surface area contributed by atoms with Gasteiger partial charge < -0.3 is 5.32 Å². The standard InChI is InChI=1S/C29H26N6OS/c1-18-13-21(16-32-15-18)23-12-8-9-20-14-24(35(29(36)25(20)23)22-10-6-5-7-11-22)19(2)34-27(30-3)26-28(31-4)37-17-33-26/h5-17,19,34H,3H2,1-2,4H3/b27-26-,31-28+/t19-/m0/s1. The van der Waals surface area contributed by atoms with Crippen molar-refractivity contribution in [3.63, 3.8) is 0 Å². The van der Waals surface area contributed by atoms with Crippen molar-refractivity contribution >= 4 is 39.8 Å². The molecule has 8 heteroatoms. The fraction of sp³-hybridized carbons (Fsp3) is 0.138. The van der Waals surface area contributed by atoms with E-state index in [-0.39, 0.29) is 11.6 Å². The summed E-state index contributed by atoms with van der Waals surface area (Å²) in [5.74, 6) is 0.515. The molecule has 0 bridgehead atoms. The highest BCUT2D eigenvalue weighted by Crippen LogP contribution is 2.30. The molecule has 4 aromatic rings. The zero-order valence-electron chi connectivity index (χ0n) is 20.8. The molecule has 7 nitrogen and oxygen atoms in total. The Morgan fingerprint density at radius 2 is 1.92 bits per heavy atom. The molecule has 37 heavy (non-hydrogen) atoms. The first-order valence-corrected chi connectivity index (χ1v) is 12.7. The number of hydrogen-bond acceptors (Lipinski definition) is 7. The number of aromatic nitrogens is 2. The van der Waals surface area contributed by atoms with Crippen LogP contribution in [-0.4, -0.2) is 33.9 Å². The Morgan fingerprint density at radius 3 is 2.65 bits per heavy atom. The van der Waals surface area contributed by atoms with E-state index in [9.17, 15) is 4.79 Å². The predicted octanol–water partition coefficient (Wildman–Crippen LogP) is 5.68. The van der Waals surface area contributed by atoms with Crippen LogP contribution in [0.2, 0.25) is 0 Å². The van der Waals surface area contributed by atoms with Crippen LogP contribution in [-0.2, 0) is 0 Å². The highest BCUT2D eigenvalue weighted by Gasteiger charge is 2.22. The molecule has 0 amide bonds. The number of para-hydroxylation sites is 1. The van der Waals surface area contributed by atoms with Gasteiger partial charge in [0.05, 0.1) is 17.0 Å². The lowest BCUT2D eigenvalue weighted by Crippen LogP contribution is -2.29. The molecule has 2 aromatic heterocycles. The van der Waals surface area contributed by atoms with Gasteiger partial charge in [-0.3, -0.25) is 19.3 Å². The topological polar surface area (TPSA) is 84.0 Å². The summed E-state index contributed by atoms with van der Waals surface area (Å²) in [5.41, 5.74) is 6.63. The zero-order chi connectivity index (χ0) is 25.9.